The lowest BCUT2D eigenvalue weighted by molar-refractivity contribution is 0.267. The minimum Gasteiger partial charge on any atom is -0.277 e. The molecule has 0 aromatic heterocycles. The number of hydrogen-bond acceptors (Lipinski definition) is 2. The third-order valence-electron chi connectivity index (χ3n) is 2.92. The SMILES string of the molecule is O=S1Cc2ccccc2C(c2ccccc2)O1. The zero-order valence-corrected chi connectivity index (χ0v) is 10.0. The first kappa shape index (κ1) is 10.7. The van der Waals surface area contributed by atoms with Crippen molar-refractivity contribution in [3.05, 3.63) is 71.3 Å². The minimum atomic E-state index is -1.23. The lowest BCUT2D eigenvalue weighted by Crippen LogP contribution is -2.17. The van der Waals surface area contributed by atoms with Gasteiger partial charge in [0.15, 0.2) is 11.1 Å². The van der Waals surface area contributed by atoms with Gasteiger partial charge in [-0.25, -0.2) is 4.21 Å². The van der Waals surface area contributed by atoms with Crippen LogP contribution in [0.4, 0.5) is 0 Å². The van der Waals surface area contributed by atoms with E-state index in [4.69, 9.17) is 4.18 Å². The quantitative estimate of drug-likeness (QED) is 0.771. The molecule has 1 aliphatic heterocycles. The highest BCUT2D eigenvalue weighted by molar-refractivity contribution is 7.79. The van der Waals surface area contributed by atoms with E-state index in [9.17, 15) is 4.21 Å². The van der Waals surface area contributed by atoms with Crippen molar-refractivity contribution in [2.75, 3.05) is 0 Å². The van der Waals surface area contributed by atoms with E-state index in [0.29, 0.717) is 5.75 Å². The van der Waals surface area contributed by atoms with Gasteiger partial charge in [-0.2, -0.15) is 0 Å². The first-order valence-electron chi connectivity index (χ1n) is 5.53. The van der Waals surface area contributed by atoms with Crippen LogP contribution >= 0.6 is 0 Å². The van der Waals surface area contributed by atoms with Crippen molar-refractivity contribution in [2.45, 2.75) is 11.9 Å². The molecule has 1 heterocycles. The van der Waals surface area contributed by atoms with Crippen LogP contribution in [0.25, 0.3) is 0 Å². The van der Waals surface area contributed by atoms with Crippen molar-refractivity contribution in [2.24, 2.45) is 0 Å². The fraction of sp³-hybridized carbons (Fsp3) is 0.143. The summed E-state index contributed by atoms with van der Waals surface area (Å²) in [6.07, 6.45) is -0.206. The van der Waals surface area contributed by atoms with Crippen LogP contribution in [-0.4, -0.2) is 4.21 Å². The third kappa shape index (κ3) is 2.04. The van der Waals surface area contributed by atoms with E-state index in [0.717, 1.165) is 16.7 Å². The van der Waals surface area contributed by atoms with Crippen LogP contribution in [-0.2, 0) is 21.0 Å². The molecule has 0 radical (unpaired) electrons. The summed E-state index contributed by atoms with van der Waals surface area (Å²) in [4.78, 5) is 0. The molecule has 0 amide bonds. The Labute approximate surface area is 103 Å². The van der Waals surface area contributed by atoms with Crippen molar-refractivity contribution >= 4 is 11.1 Å². The molecule has 0 N–H and O–H groups in total. The fourth-order valence-corrected chi connectivity index (χ4v) is 3.12. The van der Waals surface area contributed by atoms with Crippen molar-refractivity contribution < 1.29 is 8.39 Å². The first-order valence-corrected chi connectivity index (χ1v) is 6.77. The van der Waals surface area contributed by atoms with Gasteiger partial charge in [-0.05, 0) is 16.7 Å². The zero-order chi connectivity index (χ0) is 11.7. The Balaban J connectivity index is 2.10. The molecule has 0 spiro atoms. The van der Waals surface area contributed by atoms with Crippen LogP contribution in [0.1, 0.15) is 22.8 Å². The molecule has 2 nitrogen and oxygen atoms in total. The van der Waals surface area contributed by atoms with E-state index in [1.165, 1.54) is 0 Å². The molecule has 0 bridgehead atoms. The van der Waals surface area contributed by atoms with Gasteiger partial charge in [0.25, 0.3) is 0 Å². The highest BCUT2D eigenvalue weighted by atomic mass is 32.2. The van der Waals surface area contributed by atoms with Crippen molar-refractivity contribution in [1.82, 2.24) is 0 Å². The molecule has 0 saturated carbocycles. The second-order valence-corrected chi connectivity index (χ2v) is 5.12. The van der Waals surface area contributed by atoms with E-state index in [1.54, 1.807) is 0 Å². The average molecular weight is 244 g/mol. The number of hydrogen-bond donors (Lipinski definition) is 0. The molecule has 86 valence electrons. The number of fused-ring (bicyclic) bond motifs is 1. The van der Waals surface area contributed by atoms with Gasteiger partial charge in [-0.15, -0.1) is 0 Å². The second kappa shape index (κ2) is 4.43. The zero-order valence-electron chi connectivity index (χ0n) is 9.21. The van der Waals surface area contributed by atoms with Gasteiger partial charge in [0.1, 0.15) is 6.10 Å². The van der Waals surface area contributed by atoms with E-state index in [2.05, 4.69) is 0 Å². The Morgan fingerprint density at radius 1 is 1.00 bits per heavy atom. The molecular formula is C14H12O2S. The molecule has 2 aromatic carbocycles. The van der Waals surface area contributed by atoms with Crippen molar-refractivity contribution in [3.63, 3.8) is 0 Å². The molecule has 3 heteroatoms. The third-order valence-corrected chi connectivity index (χ3v) is 3.87. The second-order valence-electron chi connectivity index (χ2n) is 4.03. The van der Waals surface area contributed by atoms with Gasteiger partial charge in [0, 0.05) is 0 Å². The van der Waals surface area contributed by atoms with Gasteiger partial charge in [0.05, 0.1) is 5.75 Å². The summed E-state index contributed by atoms with van der Waals surface area (Å²) in [6.45, 7) is 0. The largest absolute Gasteiger partial charge is 0.277 e. The van der Waals surface area contributed by atoms with Crippen LogP contribution < -0.4 is 0 Å². The fourth-order valence-electron chi connectivity index (χ4n) is 2.10. The average Bonchev–Trinajstić information content (AvgIpc) is 2.39. The Bertz CT molecular complexity index is 551. The van der Waals surface area contributed by atoms with Gasteiger partial charge in [0.2, 0.25) is 0 Å². The van der Waals surface area contributed by atoms with Crippen molar-refractivity contribution in [1.29, 1.82) is 0 Å². The Hall–Kier alpha value is -1.45. The molecular weight excluding hydrogens is 232 g/mol. The Morgan fingerprint density at radius 2 is 1.71 bits per heavy atom. The molecule has 0 saturated heterocycles. The van der Waals surface area contributed by atoms with Crippen LogP contribution in [0, 0.1) is 0 Å². The summed E-state index contributed by atoms with van der Waals surface area (Å²) in [5, 5.41) is 0. The summed E-state index contributed by atoms with van der Waals surface area (Å²) in [5.74, 6) is 0.486. The normalized spacial score (nSPS) is 23.1. The molecule has 17 heavy (non-hydrogen) atoms. The van der Waals surface area contributed by atoms with E-state index in [-0.39, 0.29) is 6.10 Å². The van der Waals surface area contributed by atoms with Crippen LogP contribution in [0.2, 0.25) is 0 Å². The van der Waals surface area contributed by atoms with Gasteiger partial charge in [-0.3, -0.25) is 4.18 Å². The smallest absolute Gasteiger partial charge is 0.160 e. The molecule has 1 aliphatic rings. The summed E-state index contributed by atoms with van der Waals surface area (Å²) >= 11 is -1.23. The Kier molecular flexibility index (Phi) is 2.79. The maximum Gasteiger partial charge on any atom is 0.160 e. The highest BCUT2D eigenvalue weighted by Crippen LogP contribution is 2.34. The van der Waals surface area contributed by atoms with Gasteiger partial charge in [-0.1, -0.05) is 54.6 Å². The summed E-state index contributed by atoms with van der Waals surface area (Å²) in [5.41, 5.74) is 3.29. The Morgan fingerprint density at radius 3 is 2.53 bits per heavy atom. The summed E-state index contributed by atoms with van der Waals surface area (Å²) < 4.78 is 17.3. The summed E-state index contributed by atoms with van der Waals surface area (Å²) in [7, 11) is 0. The standard InChI is InChI=1S/C14H12O2S/c15-17-10-12-8-4-5-9-13(12)14(16-17)11-6-2-1-3-7-11/h1-9,14H,10H2. The first-order chi connectivity index (χ1) is 8.34. The van der Waals surface area contributed by atoms with Crippen LogP contribution in [0.3, 0.4) is 0 Å². The van der Waals surface area contributed by atoms with Crippen LogP contribution in [0.5, 0.6) is 0 Å². The lowest BCUT2D eigenvalue weighted by Gasteiger charge is -2.25. The number of benzene rings is 2. The predicted molar refractivity (Wildman–Crippen MR) is 67.7 cm³/mol. The highest BCUT2D eigenvalue weighted by Gasteiger charge is 2.26. The molecule has 2 unspecified atom stereocenters. The maximum absolute atomic E-state index is 11.7. The molecule has 0 aliphatic carbocycles. The van der Waals surface area contributed by atoms with E-state index in [1.807, 2.05) is 54.6 Å². The maximum atomic E-state index is 11.7. The van der Waals surface area contributed by atoms with Crippen molar-refractivity contribution in [3.8, 4) is 0 Å². The molecule has 2 atom stereocenters. The van der Waals surface area contributed by atoms with Crippen LogP contribution in [0.15, 0.2) is 54.6 Å². The monoisotopic (exact) mass is 244 g/mol. The minimum absolute atomic E-state index is 0.206. The van der Waals surface area contributed by atoms with E-state index < -0.39 is 11.1 Å². The van der Waals surface area contributed by atoms with Gasteiger partial charge < -0.3 is 0 Å². The summed E-state index contributed by atoms with van der Waals surface area (Å²) in [6, 6.07) is 18.0. The van der Waals surface area contributed by atoms with Gasteiger partial charge >= 0.3 is 0 Å². The van der Waals surface area contributed by atoms with E-state index >= 15 is 0 Å². The molecule has 2 aromatic rings. The predicted octanol–water partition coefficient (Wildman–Crippen LogP) is 2.97. The lowest BCUT2D eigenvalue weighted by atomic mass is 9.97. The molecule has 0 fully saturated rings. The number of rotatable bonds is 1. The topological polar surface area (TPSA) is 26.3 Å². The molecule has 3 rings (SSSR count).